The van der Waals surface area contributed by atoms with Crippen molar-refractivity contribution in [2.24, 2.45) is 5.73 Å². The molecule has 168 valence electrons. The zero-order valence-electron chi connectivity index (χ0n) is 17.9. The van der Waals surface area contributed by atoms with Crippen LogP contribution in [0.5, 0.6) is 0 Å². The number of rotatable bonds is 7. The summed E-state index contributed by atoms with van der Waals surface area (Å²) < 4.78 is 0. The van der Waals surface area contributed by atoms with Gasteiger partial charge in [0.1, 0.15) is 6.04 Å². The average Bonchev–Trinajstić information content (AvgIpc) is 3.25. The highest BCUT2D eigenvalue weighted by molar-refractivity contribution is 5.89. The minimum atomic E-state index is -0.714. The van der Waals surface area contributed by atoms with Crippen LogP contribution in [0.1, 0.15) is 16.8 Å². The molecule has 0 saturated carbocycles. The van der Waals surface area contributed by atoms with E-state index in [1.54, 1.807) is 11.1 Å². The normalized spacial score (nSPS) is 14.8. The van der Waals surface area contributed by atoms with E-state index < -0.39 is 6.04 Å². The van der Waals surface area contributed by atoms with E-state index in [1.165, 1.54) is 0 Å². The number of pyridine rings is 1. The predicted octanol–water partition coefficient (Wildman–Crippen LogP) is 0.864. The van der Waals surface area contributed by atoms with Crippen LogP contribution in [-0.2, 0) is 24.3 Å². The van der Waals surface area contributed by atoms with Crippen molar-refractivity contribution in [1.29, 1.82) is 0 Å². The molecule has 1 saturated heterocycles. The van der Waals surface area contributed by atoms with Crippen molar-refractivity contribution >= 4 is 22.8 Å². The van der Waals surface area contributed by atoms with E-state index in [-0.39, 0.29) is 18.5 Å². The zero-order valence-corrected chi connectivity index (χ0v) is 17.9. The first-order valence-corrected chi connectivity index (χ1v) is 10.9. The van der Waals surface area contributed by atoms with Crippen LogP contribution in [0.3, 0.4) is 0 Å². The number of carbonyl (C=O) groups excluding carboxylic acids is 2. The highest BCUT2D eigenvalue weighted by Crippen LogP contribution is 2.19. The number of nitrogens with two attached hydrogens (primary N) is 1. The van der Waals surface area contributed by atoms with Crippen molar-refractivity contribution in [1.82, 2.24) is 30.8 Å². The molecule has 32 heavy (non-hydrogen) atoms. The Bertz CT molecular complexity index is 1070. The smallest absolute Gasteiger partial charge is 0.318 e. The Labute approximate surface area is 186 Å². The van der Waals surface area contributed by atoms with Crippen LogP contribution in [0.4, 0.5) is 4.79 Å². The van der Waals surface area contributed by atoms with Crippen LogP contribution in [-0.4, -0.2) is 59.0 Å². The maximum absolute atomic E-state index is 13.1. The van der Waals surface area contributed by atoms with Gasteiger partial charge in [0.05, 0.1) is 12.2 Å². The topological polar surface area (TPSA) is 128 Å². The number of H-pyrrole nitrogens is 1. The average molecular weight is 436 g/mol. The van der Waals surface area contributed by atoms with Gasteiger partial charge in [0.15, 0.2) is 0 Å². The number of nitrogens with one attached hydrogen (secondary N) is 4. The van der Waals surface area contributed by atoms with Gasteiger partial charge in [-0.05, 0) is 29.3 Å². The molecule has 9 nitrogen and oxygen atoms in total. The Morgan fingerprint density at radius 2 is 2.00 bits per heavy atom. The molecule has 1 unspecified atom stereocenters. The summed E-state index contributed by atoms with van der Waals surface area (Å²) in [6, 6.07) is 10.7. The number of hydrogen-bond donors (Lipinski definition) is 5. The van der Waals surface area contributed by atoms with Gasteiger partial charge in [0.2, 0.25) is 5.91 Å². The molecular weight excluding hydrogens is 406 g/mol. The lowest BCUT2D eigenvalue weighted by atomic mass is 10.0. The zero-order chi connectivity index (χ0) is 22.3. The Hall–Kier alpha value is -3.43. The second kappa shape index (κ2) is 10.3. The molecular formula is C23H29N7O2. The lowest BCUT2D eigenvalue weighted by Crippen LogP contribution is -2.55. The van der Waals surface area contributed by atoms with Gasteiger partial charge in [-0.3, -0.25) is 9.78 Å². The van der Waals surface area contributed by atoms with Crippen LogP contribution in [0.2, 0.25) is 0 Å². The first-order chi connectivity index (χ1) is 15.6. The van der Waals surface area contributed by atoms with Gasteiger partial charge in [-0.15, -0.1) is 0 Å². The van der Waals surface area contributed by atoms with Crippen molar-refractivity contribution in [3.8, 4) is 0 Å². The molecule has 1 aromatic carbocycles. The van der Waals surface area contributed by atoms with Crippen molar-refractivity contribution < 1.29 is 9.59 Å². The molecule has 3 aromatic rings. The van der Waals surface area contributed by atoms with E-state index in [0.29, 0.717) is 26.1 Å². The van der Waals surface area contributed by atoms with Gasteiger partial charge >= 0.3 is 6.03 Å². The number of para-hydroxylation sites is 1. The molecule has 1 fully saturated rings. The molecule has 9 heteroatoms. The number of fused-ring (bicyclic) bond motifs is 1. The minimum Gasteiger partial charge on any atom is -0.361 e. The molecule has 6 N–H and O–H groups in total. The summed E-state index contributed by atoms with van der Waals surface area (Å²) in [5.41, 5.74) is 9.34. The van der Waals surface area contributed by atoms with Gasteiger partial charge in [0.25, 0.3) is 0 Å². The summed E-state index contributed by atoms with van der Waals surface area (Å²) in [5.74, 6) is -0.251. The standard InChI is InChI=1S/C23H29N7O2/c24-13-16-5-6-26-18(11-16)15-28-22(31)21(29-23(32)30-9-7-25-8-10-30)12-17-14-27-20-4-2-1-3-19(17)20/h1-6,11,14,21,25,27H,7-10,12-13,15,24H2,(H,28,31)(H,29,32). The lowest BCUT2D eigenvalue weighted by molar-refractivity contribution is -0.123. The summed E-state index contributed by atoms with van der Waals surface area (Å²) in [5, 5.41) is 10.1. The van der Waals surface area contributed by atoms with E-state index in [0.717, 1.165) is 40.8 Å². The van der Waals surface area contributed by atoms with Gasteiger partial charge < -0.3 is 31.6 Å². The summed E-state index contributed by atoms with van der Waals surface area (Å²) in [6.07, 6.45) is 3.96. The Morgan fingerprint density at radius 1 is 1.19 bits per heavy atom. The number of aromatic nitrogens is 2. The van der Waals surface area contributed by atoms with E-state index in [4.69, 9.17) is 5.73 Å². The third kappa shape index (κ3) is 5.24. The van der Waals surface area contributed by atoms with Crippen LogP contribution in [0.25, 0.3) is 10.9 Å². The fourth-order valence-corrected chi connectivity index (χ4v) is 3.89. The first-order valence-electron chi connectivity index (χ1n) is 10.9. The van der Waals surface area contributed by atoms with Crippen molar-refractivity contribution in [3.05, 3.63) is 65.6 Å². The summed E-state index contributed by atoms with van der Waals surface area (Å²) in [7, 11) is 0. The highest BCUT2D eigenvalue weighted by Gasteiger charge is 2.25. The third-order valence-electron chi connectivity index (χ3n) is 5.68. The van der Waals surface area contributed by atoms with Crippen molar-refractivity contribution in [3.63, 3.8) is 0 Å². The largest absolute Gasteiger partial charge is 0.361 e. The van der Waals surface area contributed by atoms with Crippen LogP contribution >= 0.6 is 0 Å². The van der Waals surface area contributed by atoms with E-state index in [1.807, 2.05) is 42.6 Å². The quantitative estimate of drug-likeness (QED) is 0.376. The first kappa shape index (κ1) is 21.8. The molecule has 0 bridgehead atoms. The maximum Gasteiger partial charge on any atom is 0.318 e. The number of piperazine rings is 1. The fraction of sp³-hybridized carbons (Fsp3) is 0.348. The number of hydrogen-bond acceptors (Lipinski definition) is 5. The van der Waals surface area contributed by atoms with E-state index >= 15 is 0 Å². The van der Waals surface area contributed by atoms with Gasteiger partial charge in [-0.25, -0.2) is 4.79 Å². The molecule has 1 atom stereocenters. The summed E-state index contributed by atoms with van der Waals surface area (Å²) in [6.45, 7) is 3.39. The van der Waals surface area contributed by atoms with E-state index in [9.17, 15) is 9.59 Å². The maximum atomic E-state index is 13.1. The number of urea groups is 1. The van der Waals surface area contributed by atoms with Gasteiger partial charge in [0, 0.05) is 62.4 Å². The monoisotopic (exact) mass is 435 g/mol. The summed E-state index contributed by atoms with van der Waals surface area (Å²) >= 11 is 0. The molecule has 3 heterocycles. The predicted molar refractivity (Wildman–Crippen MR) is 123 cm³/mol. The molecule has 0 aliphatic carbocycles. The number of benzene rings is 1. The van der Waals surface area contributed by atoms with Crippen molar-refractivity contribution in [2.75, 3.05) is 26.2 Å². The number of aromatic amines is 1. The number of nitrogens with zero attached hydrogens (tertiary/aromatic N) is 2. The summed E-state index contributed by atoms with van der Waals surface area (Å²) in [4.78, 5) is 35.2. The SMILES string of the molecule is NCc1ccnc(CNC(=O)C(Cc2c[nH]c3ccccc23)NC(=O)N2CCNCC2)c1. The molecule has 0 spiro atoms. The lowest BCUT2D eigenvalue weighted by Gasteiger charge is -2.29. The number of carbonyl (C=O) groups is 2. The Balaban J connectivity index is 1.49. The van der Waals surface area contributed by atoms with Crippen LogP contribution in [0, 0.1) is 0 Å². The van der Waals surface area contributed by atoms with Gasteiger partial charge in [-0.2, -0.15) is 0 Å². The highest BCUT2D eigenvalue weighted by atomic mass is 16.2. The molecule has 1 aliphatic rings. The molecule has 2 aromatic heterocycles. The second-order valence-corrected chi connectivity index (χ2v) is 7.88. The molecule has 3 amide bonds. The molecule has 4 rings (SSSR count). The van der Waals surface area contributed by atoms with E-state index in [2.05, 4.69) is 25.9 Å². The van der Waals surface area contributed by atoms with Gasteiger partial charge in [-0.1, -0.05) is 18.2 Å². The van der Waals surface area contributed by atoms with Crippen molar-refractivity contribution in [2.45, 2.75) is 25.6 Å². The fourth-order valence-electron chi connectivity index (χ4n) is 3.89. The minimum absolute atomic E-state index is 0.227. The second-order valence-electron chi connectivity index (χ2n) is 7.88. The van der Waals surface area contributed by atoms with Crippen LogP contribution < -0.4 is 21.7 Å². The number of amides is 3. The molecule has 1 aliphatic heterocycles. The Morgan fingerprint density at radius 3 is 2.81 bits per heavy atom. The third-order valence-corrected chi connectivity index (χ3v) is 5.68. The Kier molecular flexibility index (Phi) is 6.98. The molecule has 0 radical (unpaired) electrons. The van der Waals surface area contributed by atoms with Crippen LogP contribution in [0.15, 0.2) is 48.8 Å².